The molecule has 1 atom stereocenters. The van der Waals surface area contributed by atoms with E-state index in [2.05, 4.69) is 36.5 Å². The molecular weight excluding hydrogens is 270 g/mol. The highest BCUT2D eigenvalue weighted by Crippen LogP contribution is 2.26. The van der Waals surface area contributed by atoms with E-state index in [0.717, 1.165) is 17.3 Å². The first-order valence-corrected chi connectivity index (χ1v) is 7.34. The number of ether oxygens (including phenoxy) is 1. The molecule has 2 rings (SSSR count). The van der Waals surface area contributed by atoms with Gasteiger partial charge in [-0.1, -0.05) is 42.8 Å². The van der Waals surface area contributed by atoms with E-state index >= 15 is 0 Å². The van der Waals surface area contributed by atoms with Gasteiger partial charge in [-0.15, -0.1) is 0 Å². The first-order chi connectivity index (χ1) is 9.74. The Hall–Kier alpha value is -1.51. The van der Waals surface area contributed by atoms with Crippen molar-refractivity contribution in [1.82, 2.24) is 5.32 Å². The summed E-state index contributed by atoms with van der Waals surface area (Å²) >= 11 is 5.97. The van der Waals surface area contributed by atoms with Crippen molar-refractivity contribution in [2.45, 2.75) is 19.9 Å². The standard InChI is InChI=1S/C17H20ClNO/c1-3-19-17(13-8-10-15(18)11-9-13)14-6-5-7-16(12-14)20-4-2/h5-12,17,19H,3-4H2,1-2H3. The molecule has 0 aliphatic carbocycles. The Morgan fingerprint density at radius 3 is 2.45 bits per heavy atom. The van der Waals surface area contributed by atoms with Gasteiger partial charge in [0.2, 0.25) is 0 Å². The van der Waals surface area contributed by atoms with Crippen molar-refractivity contribution in [2.75, 3.05) is 13.2 Å². The molecule has 1 unspecified atom stereocenters. The first kappa shape index (κ1) is 14.9. The number of hydrogen-bond acceptors (Lipinski definition) is 2. The van der Waals surface area contributed by atoms with Gasteiger partial charge in [0.05, 0.1) is 12.6 Å². The smallest absolute Gasteiger partial charge is 0.119 e. The molecule has 0 heterocycles. The lowest BCUT2D eigenvalue weighted by Crippen LogP contribution is -2.21. The van der Waals surface area contributed by atoms with Gasteiger partial charge in [-0.2, -0.15) is 0 Å². The van der Waals surface area contributed by atoms with Crippen molar-refractivity contribution in [2.24, 2.45) is 0 Å². The summed E-state index contributed by atoms with van der Waals surface area (Å²) in [7, 11) is 0. The Morgan fingerprint density at radius 2 is 1.80 bits per heavy atom. The molecule has 2 aromatic rings. The minimum atomic E-state index is 0.151. The summed E-state index contributed by atoms with van der Waals surface area (Å²) in [4.78, 5) is 0. The van der Waals surface area contributed by atoms with Gasteiger partial charge in [0, 0.05) is 5.02 Å². The molecule has 0 spiro atoms. The number of hydrogen-bond donors (Lipinski definition) is 1. The fourth-order valence-corrected chi connectivity index (χ4v) is 2.36. The van der Waals surface area contributed by atoms with Crippen LogP contribution < -0.4 is 10.1 Å². The lowest BCUT2D eigenvalue weighted by Gasteiger charge is -2.19. The minimum Gasteiger partial charge on any atom is -0.494 e. The summed E-state index contributed by atoms with van der Waals surface area (Å²) in [5.74, 6) is 0.905. The zero-order valence-electron chi connectivity index (χ0n) is 11.9. The molecule has 2 aromatic carbocycles. The summed E-state index contributed by atoms with van der Waals surface area (Å²) in [5, 5.41) is 4.26. The highest BCUT2D eigenvalue weighted by Gasteiger charge is 2.13. The summed E-state index contributed by atoms with van der Waals surface area (Å²) in [6.45, 7) is 5.67. The van der Waals surface area contributed by atoms with E-state index in [4.69, 9.17) is 16.3 Å². The molecule has 0 bridgehead atoms. The van der Waals surface area contributed by atoms with Crippen LogP contribution in [0, 0.1) is 0 Å². The number of rotatable bonds is 6. The second-order valence-electron chi connectivity index (χ2n) is 4.55. The Morgan fingerprint density at radius 1 is 1.05 bits per heavy atom. The predicted octanol–water partition coefficient (Wildman–Crippen LogP) is 4.44. The highest BCUT2D eigenvalue weighted by molar-refractivity contribution is 6.30. The van der Waals surface area contributed by atoms with E-state index in [1.165, 1.54) is 11.1 Å². The van der Waals surface area contributed by atoms with Crippen molar-refractivity contribution in [1.29, 1.82) is 0 Å². The normalized spacial score (nSPS) is 12.2. The van der Waals surface area contributed by atoms with Crippen molar-refractivity contribution in [3.05, 3.63) is 64.7 Å². The highest BCUT2D eigenvalue weighted by atomic mass is 35.5. The van der Waals surface area contributed by atoms with Crippen LogP contribution >= 0.6 is 11.6 Å². The average molecular weight is 290 g/mol. The van der Waals surface area contributed by atoms with Crippen molar-refractivity contribution >= 4 is 11.6 Å². The van der Waals surface area contributed by atoms with Crippen molar-refractivity contribution in [3.63, 3.8) is 0 Å². The Balaban J connectivity index is 2.32. The van der Waals surface area contributed by atoms with Crippen molar-refractivity contribution < 1.29 is 4.74 Å². The quantitative estimate of drug-likeness (QED) is 0.849. The van der Waals surface area contributed by atoms with Crippen LogP contribution in [0.2, 0.25) is 5.02 Å². The van der Waals surface area contributed by atoms with Gasteiger partial charge >= 0.3 is 0 Å². The third-order valence-electron chi connectivity index (χ3n) is 3.11. The lowest BCUT2D eigenvalue weighted by molar-refractivity contribution is 0.339. The molecule has 0 radical (unpaired) electrons. The molecule has 3 heteroatoms. The SMILES string of the molecule is CCNC(c1ccc(Cl)cc1)c1cccc(OCC)c1. The molecule has 0 aromatic heterocycles. The molecule has 0 aliphatic heterocycles. The maximum absolute atomic E-state index is 5.97. The van der Waals surface area contributed by atoms with E-state index < -0.39 is 0 Å². The van der Waals surface area contributed by atoms with Gasteiger partial charge in [-0.05, 0) is 48.9 Å². The monoisotopic (exact) mass is 289 g/mol. The Labute approximate surface area is 125 Å². The third kappa shape index (κ3) is 3.75. The largest absolute Gasteiger partial charge is 0.494 e. The lowest BCUT2D eigenvalue weighted by atomic mass is 9.98. The predicted molar refractivity (Wildman–Crippen MR) is 84.6 cm³/mol. The second-order valence-corrected chi connectivity index (χ2v) is 4.98. The summed E-state index contributed by atoms with van der Waals surface area (Å²) in [5.41, 5.74) is 2.39. The van der Waals surface area contributed by atoms with Crippen LogP contribution in [0.1, 0.15) is 31.0 Å². The minimum absolute atomic E-state index is 0.151. The maximum atomic E-state index is 5.97. The molecule has 0 aliphatic rings. The van der Waals surface area contributed by atoms with Gasteiger partial charge < -0.3 is 10.1 Å². The van der Waals surface area contributed by atoms with Gasteiger partial charge in [0.25, 0.3) is 0 Å². The zero-order valence-corrected chi connectivity index (χ0v) is 12.7. The molecule has 20 heavy (non-hydrogen) atoms. The van der Waals surface area contributed by atoms with Gasteiger partial charge in [0.1, 0.15) is 5.75 Å². The van der Waals surface area contributed by atoms with E-state index in [0.29, 0.717) is 6.61 Å². The van der Waals surface area contributed by atoms with Crippen LogP contribution in [0.25, 0.3) is 0 Å². The summed E-state index contributed by atoms with van der Waals surface area (Å²) in [6.07, 6.45) is 0. The molecule has 106 valence electrons. The molecule has 1 N–H and O–H groups in total. The second kappa shape index (κ2) is 7.32. The van der Waals surface area contributed by atoms with E-state index in [1.807, 2.05) is 31.2 Å². The summed E-state index contributed by atoms with van der Waals surface area (Å²) in [6, 6.07) is 16.3. The van der Waals surface area contributed by atoms with Gasteiger partial charge in [-0.3, -0.25) is 0 Å². The molecule has 0 amide bonds. The third-order valence-corrected chi connectivity index (χ3v) is 3.37. The van der Waals surface area contributed by atoms with E-state index in [9.17, 15) is 0 Å². The average Bonchev–Trinajstić information content (AvgIpc) is 2.47. The van der Waals surface area contributed by atoms with Gasteiger partial charge in [0.15, 0.2) is 0 Å². The molecule has 2 nitrogen and oxygen atoms in total. The number of halogens is 1. The van der Waals surface area contributed by atoms with Crippen LogP contribution in [0.3, 0.4) is 0 Å². The fraction of sp³-hybridized carbons (Fsp3) is 0.294. The zero-order chi connectivity index (χ0) is 14.4. The fourth-order valence-electron chi connectivity index (χ4n) is 2.24. The number of benzene rings is 2. The maximum Gasteiger partial charge on any atom is 0.119 e. The van der Waals surface area contributed by atoms with Crippen LogP contribution in [0.15, 0.2) is 48.5 Å². The molecule has 0 fully saturated rings. The Kier molecular flexibility index (Phi) is 5.45. The summed E-state index contributed by atoms with van der Waals surface area (Å²) < 4.78 is 5.58. The first-order valence-electron chi connectivity index (χ1n) is 6.96. The molecular formula is C17H20ClNO. The topological polar surface area (TPSA) is 21.3 Å². The van der Waals surface area contributed by atoms with Crippen LogP contribution in [-0.4, -0.2) is 13.2 Å². The van der Waals surface area contributed by atoms with Crippen LogP contribution in [-0.2, 0) is 0 Å². The van der Waals surface area contributed by atoms with Gasteiger partial charge in [-0.25, -0.2) is 0 Å². The molecule has 0 saturated carbocycles. The Bertz CT molecular complexity index is 539. The van der Waals surface area contributed by atoms with E-state index in [-0.39, 0.29) is 6.04 Å². The van der Waals surface area contributed by atoms with Crippen LogP contribution in [0.4, 0.5) is 0 Å². The molecule has 0 saturated heterocycles. The number of nitrogens with one attached hydrogen (secondary N) is 1. The van der Waals surface area contributed by atoms with Crippen molar-refractivity contribution in [3.8, 4) is 5.75 Å². The van der Waals surface area contributed by atoms with E-state index in [1.54, 1.807) is 0 Å². The van der Waals surface area contributed by atoms with Crippen LogP contribution in [0.5, 0.6) is 5.75 Å².